The summed E-state index contributed by atoms with van der Waals surface area (Å²) >= 11 is 0. The Balaban J connectivity index is 2.09. The van der Waals surface area contributed by atoms with Gasteiger partial charge in [0.25, 0.3) is 0 Å². The molecule has 3 heteroatoms. The van der Waals surface area contributed by atoms with E-state index in [4.69, 9.17) is 5.73 Å². The summed E-state index contributed by atoms with van der Waals surface area (Å²) in [7, 11) is 2.15. The molecule has 0 bridgehead atoms. The first-order valence-electron chi connectivity index (χ1n) is 7.51. The number of pyridine rings is 1. The lowest BCUT2D eigenvalue weighted by Gasteiger charge is -2.24. The number of anilines is 1. The van der Waals surface area contributed by atoms with Gasteiger partial charge < -0.3 is 10.6 Å². The van der Waals surface area contributed by atoms with E-state index in [1.54, 1.807) is 0 Å². The summed E-state index contributed by atoms with van der Waals surface area (Å²) in [6.07, 6.45) is 5.63. The summed E-state index contributed by atoms with van der Waals surface area (Å²) in [6, 6.07) is 11.0. The zero-order valence-corrected chi connectivity index (χ0v) is 13.2. The Hall–Kier alpha value is -1.87. The van der Waals surface area contributed by atoms with Crippen LogP contribution in [0.25, 0.3) is 0 Å². The number of likely N-dealkylation sites (N-methyl/N-ethyl adjacent to an activating group) is 1. The highest BCUT2D eigenvalue weighted by molar-refractivity contribution is 5.55. The lowest BCUT2D eigenvalue weighted by molar-refractivity contribution is 0.733. The molecule has 1 aromatic carbocycles. The maximum Gasteiger partial charge on any atom is 0.0397 e. The van der Waals surface area contributed by atoms with Crippen molar-refractivity contribution >= 4 is 5.69 Å². The fourth-order valence-corrected chi connectivity index (χ4v) is 2.56. The summed E-state index contributed by atoms with van der Waals surface area (Å²) in [5.74, 6) is 0. The number of benzene rings is 1. The van der Waals surface area contributed by atoms with Gasteiger partial charge in [-0.15, -0.1) is 0 Å². The minimum absolute atomic E-state index is 0.180. The Morgan fingerprint density at radius 1 is 1.19 bits per heavy atom. The van der Waals surface area contributed by atoms with Crippen LogP contribution in [0.5, 0.6) is 0 Å². The summed E-state index contributed by atoms with van der Waals surface area (Å²) in [5, 5.41) is 0. The van der Waals surface area contributed by atoms with E-state index in [-0.39, 0.29) is 6.04 Å². The molecular formula is C18H25N3. The van der Waals surface area contributed by atoms with Gasteiger partial charge in [-0.3, -0.25) is 4.98 Å². The van der Waals surface area contributed by atoms with Crippen LogP contribution >= 0.6 is 0 Å². The summed E-state index contributed by atoms with van der Waals surface area (Å²) in [5.41, 5.74) is 11.2. The molecule has 0 aliphatic heterocycles. The third-order valence-electron chi connectivity index (χ3n) is 3.67. The lowest BCUT2D eigenvalue weighted by Crippen LogP contribution is -2.24. The number of hydrogen-bond acceptors (Lipinski definition) is 3. The van der Waals surface area contributed by atoms with Crippen molar-refractivity contribution in [2.75, 3.05) is 18.5 Å². The Kier molecular flexibility index (Phi) is 5.34. The molecule has 21 heavy (non-hydrogen) atoms. The summed E-state index contributed by atoms with van der Waals surface area (Å²) in [4.78, 5) is 6.38. The van der Waals surface area contributed by atoms with Crippen molar-refractivity contribution in [2.45, 2.75) is 32.7 Å². The lowest BCUT2D eigenvalue weighted by atomic mass is 10.0. The van der Waals surface area contributed by atoms with Gasteiger partial charge in [-0.25, -0.2) is 0 Å². The topological polar surface area (TPSA) is 42.2 Å². The first kappa shape index (κ1) is 15.5. The molecule has 2 rings (SSSR count). The Morgan fingerprint density at radius 3 is 2.57 bits per heavy atom. The van der Waals surface area contributed by atoms with Crippen molar-refractivity contribution < 1.29 is 0 Å². The minimum atomic E-state index is 0.180. The van der Waals surface area contributed by atoms with Crippen molar-refractivity contribution in [3.63, 3.8) is 0 Å². The second-order valence-electron chi connectivity index (χ2n) is 5.84. The first-order chi connectivity index (χ1) is 10.1. The van der Waals surface area contributed by atoms with Crippen molar-refractivity contribution in [3.8, 4) is 0 Å². The van der Waals surface area contributed by atoms with E-state index in [0.29, 0.717) is 0 Å². The average Bonchev–Trinajstić information content (AvgIpc) is 2.45. The molecule has 1 heterocycles. The van der Waals surface area contributed by atoms with E-state index in [1.165, 1.54) is 22.4 Å². The molecule has 0 saturated heterocycles. The van der Waals surface area contributed by atoms with Gasteiger partial charge in [0, 0.05) is 37.7 Å². The Morgan fingerprint density at radius 2 is 1.90 bits per heavy atom. The van der Waals surface area contributed by atoms with Gasteiger partial charge in [-0.2, -0.15) is 0 Å². The Bertz CT molecular complexity index is 564. The molecule has 2 aromatic rings. The second-order valence-corrected chi connectivity index (χ2v) is 5.84. The van der Waals surface area contributed by atoms with E-state index >= 15 is 0 Å². The van der Waals surface area contributed by atoms with E-state index in [0.717, 1.165) is 19.4 Å². The molecular weight excluding hydrogens is 258 g/mol. The molecule has 0 saturated carbocycles. The first-order valence-corrected chi connectivity index (χ1v) is 7.51. The fourth-order valence-electron chi connectivity index (χ4n) is 2.56. The van der Waals surface area contributed by atoms with Crippen LogP contribution < -0.4 is 10.6 Å². The molecule has 0 fully saturated rings. The SMILES string of the molecule is Cc1ccc(N(C)CCc2ccncc2)c(CC(C)N)c1. The smallest absolute Gasteiger partial charge is 0.0397 e. The van der Waals surface area contributed by atoms with Gasteiger partial charge >= 0.3 is 0 Å². The quantitative estimate of drug-likeness (QED) is 0.886. The van der Waals surface area contributed by atoms with Crippen LogP contribution in [0.4, 0.5) is 5.69 Å². The van der Waals surface area contributed by atoms with Gasteiger partial charge in [0.15, 0.2) is 0 Å². The molecule has 0 amide bonds. The van der Waals surface area contributed by atoms with Gasteiger partial charge in [0.2, 0.25) is 0 Å². The summed E-state index contributed by atoms with van der Waals surface area (Å²) < 4.78 is 0. The maximum absolute atomic E-state index is 5.98. The number of hydrogen-bond donors (Lipinski definition) is 1. The molecule has 0 radical (unpaired) electrons. The minimum Gasteiger partial charge on any atom is -0.374 e. The van der Waals surface area contributed by atoms with Gasteiger partial charge in [0.1, 0.15) is 0 Å². The molecule has 0 aliphatic rings. The molecule has 0 spiro atoms. The van der Waals surface area contributed by atoms with Crippen molar-refractivity contribution in [2.24, 2.45) is 5.73 Å². The van der Waals surface area contributed by atoms with Crippen molar-refractivity contribution in [3.05, 3.63) is 59.4 Å². The third kappa shape index (κ3) is 4.57. The molecule has 3 nitrogen and oxygen atoms in total. The van der Waals surface area contributed by atoms with Gasteiger partial charge in [-0.1, -0.05) is 17.7 Å². The van der Waals surface area contributed by atoms with Crippen LogP contribution in [0.2, 0.25) is 0 Å². The molecule has 2 N–H and O–H groups in total. The third-order valence-corrected chi connectivity index (χ3v) is 3.67. The number of nitrogens with two attached hydrogens (primary N) is 1. The van der Waals surface area contributed by atoms with E-state index in [2.05, 4.69) is 61.1 Å². The van der Waals surface area contributed by atoms with Crippen LogP contribution in [0.1, 0.15) is 23.6 Å². The predicted octanol–water partition coefficient (Wildman–Crippen LogP) is 2.96. The number of nitrogens with zero attached hydrogens (tertiary/aromatic N) is 2. The van der Waals surface area contributed by atoms with Crippen LogP contribution in [0, 0.1) is 6.92 Å². The molecule has 0 aliphatic carbocycles. The van der Waals surface area contributed by atoms with E-state index < -0.39 is 0 Å². The van der Waals surface area contributed by atoms with Crippen molar-refractivity contribution in [1.29, 1.82) is 0 Å². The van der Waals surface area contributed by atoms with Crippen LogP contribution in [-0.4, -0.2) is 24.6 Å². The normalized spacial score (nSPS) is 12.2. The highest BCUT2D eigenvalue weighted by Gasteiger charge is 2.09. The second kappa shape index (κ2) is 7.23. The number of aryl methyl sites for hydroxylation is 1. The van der Waals surface area contributed by atoms with E-state index in [1.807, 2.05) is 12.4 Å². The van der Waals surface area contributed by atoms with Crippen LogP contribution in [0.3, 0.4) is 0 Å². The van der Waals surface area contributed by atoms with Gasteiger partial charge in [-0.05, 0) is 56.0 Å². The maximum atomic E-state index is 5.98. The summed E-state index contributed by atoms with van der Waals surface area (Å²) in [6.45, 7) is 5.17. The Labute approximate surface area is 127 Å². The molecule has 1 unspecified atom stereocenters. The average molecular weight is 283 g/mol. The van der Waals surface area contributed by atoms with Crippen LogP contribution in [0.15, 0.2) is 42.7 Å². The largest absolute Gasteiger partial charge is 0.374 e. The predicted molar refractivity (Wildman–Crippen MR) is 89.7 cm³/mol. The van der Waals surface area contributed by atoms with E-state index in [9.17, 15) is 0 Å². The molecule has 1 aromatic heterocycles. The monoisotopic (exact) mass is 283 g/mol. The number of rotatable bonds is 6. The van der Waals surface area contributed by atoms with Crippen LogP contribution in [-0.2, 0) is 12.8 Å². The molecule has 112 valence electrons. The standard InChI is InChI=1S/C18H25N3/c1-14-4-5-18(17(12-14)13-15(2)19)21(3)11-8-16-6-9-20-10-7-16/h4-7,9-10,12,15H,8,11,13,19H2,1-3H3. The fraction of sp³-hybridized carbons (Fsp3) is 0.389. The zero-order chi connectivity index (χ0) is 15.2. The van der Waals surface area contributed by atoms with Gasteiger partial charge in [0.05, 0.1) is 0 Å². The zero-order valence-electron chi connectivity index (χ0n) is 13.2. The highest BCUT2D eigenvalue weighted by Crippen LogP contribution is 2.22. The number of aromatic nitrogens is 1. The molecule has 1 atom stereocenters. The van der Waals surface area contributed by atoms with Crippen molar-refractivity contribution in [1.82, 2.24) is 4.98 Å². The highest BCUT2D eigenvalue weighted by atomic mass is 15.1.